The first-order valence-electron chi connectivity index (χ1n) is 5.47. The van der Waals surface area contributed by atoms with Crippen LogP contribution in [-0.2, 0) is 14.8 Å². The van der Waals surface area contributed by atoms with Crippen molar-refractivity contribution < 1.29 is 13.2 Å². The number of carbonyl (C=O) groups is 1. The lowest BCUT2D eigenvalue weighted by molar-refractivity contribution is -0.120. The van der Waals surface area contributed by atoms with Gasteiger partial charge in [-0.15, -0.1) is 0 Å². The summed E-state index contributed by atoms with van der Waals surface area (Å²) in [5.74, 6) is -0.110. The molecule has 2 N–H and O–H groups in total. The molecule has 0 aliphatic heterocycles. The summed E-state index contributed by atoms with van der Waals surface area (Å²) in [7, 11) is -3.54. The highest BCUT2D eigenvalue weighted by atomic mass is 35.5. The standard InChI is InChI=1S/C11H15ClN2O3S/c1-2-11(15)13-7-8-14-18(16,17)10-5-3-9(12)4-6-10/h3-6,14H,2,7-8H2,1H3,(H,13,15). The van der Waals surface area contributed by atoms with E-state index in [4.69, 9.17) is 11.6 Å². The fourth-order valence-electron chi connectivity index (χ4n) is 1.21. The lowest BCUT2D eigenvalue weighted by atomic mass is 10.4. The van der Waals surface area contributed by atoms with Crippen LogP contribution in [0.5, 0.6) is 0 Å². The van der Waals surface area contributed by atoms with Gasteiger partial charge in [0.05, 0.1) is 4.90 Å². The maximum Gasteiger partial charge on any atom is 0.240 e. The molecule has 1 aromatic carbocycles. The number of benzene rings is 1. The van der Waals surface area contributed by atoms with Crippen molar-refractivity contribution in [1.82, 2.24) is 10.0 Å². The van der Waals surface area contributed by atoms with Crippen LogP contribution >= 0.6 is 11.6 Å². The van der Waals surface area contributed by atoms with E-state index in [0.717, 1.165) is 0 Å². The molecule has 7 heteroatoms. The predicted molar refractivity (Wildman–Crippen MR) is 69.9 cm³/mol. The zero-order valence-corrected chi connectivity index (χ0v) is 11.5. The van der Waals surface area contributed by atoms with Gasteiger partial charge in [-0.2, -0.15) is 0 Å². The molecule has 0 saturated heterocycles. The number of carbonyl (C=O) groups excluding carboxylic acids is 1. The highest BCUT2D eigenvalue weighted by molar-refractivity contribution is 7.89. The molecule has 0 saturated carbocycles. The van der Waals surface area contributed by atoms with Gasteiger partial charge in [0.25, 0.3) is 0 Å². The molecule has 0 heterocycles. The minimum Gasteiger partial charge on any atom is -0.355 e. The molecule has 1 rings (SSSR count). The second kappa shape index (κ2) is 6.72. The van der Waals surface area contributed by atoms with Gasteiger partial charge >= 0.3 is 0 Å². The molecular formula is C11H15ClN2O3S. The molecule has 0 radical (unpaired) electrons. The highest BCUT2D eigenvalue weighted by Crippen LogP contribution is 2.13. The molecule has 1 amide bonds. The van der Waals surface area contributed by atoms with Crippen LogP contribution in [0.4, 0.5) is 0 Å². The Kier molecular flexibility index (Phi) is 5.58. The number of amides is 1. The topological polar surface area (TPSA) is 75.3 Å². The van der Waals surface area contributed by atoms with Crippen molar-refractivity contribution in [3.8, 4) is 0 Å². The van der Waals surface area contributed by atoms with Crippen LogP contribution in [-0.4, -0.2) is 27.4 Å². The summed E-state index contributed by atoms with van der Waals surface area (Å²) >= 11 is 5.68. The molecule has 0 aliphatic carbocycles. The van der Waals surface area contributed by atoms with Crippen molar-refractivity contribution in [2.45, 2.75) is 18.2 Å². The quantitative estimate of drug-likeness (QED) is 0.772. The summed E-state index contributed by atoms with van der Waals surface area (Å²) in [5.41, 5.74) is 0. The summed E-state index contributed by atoms with van der Waals surface area (Å²) in [6, 6.07) is 5.87. The van der Waals surface area contributed by atoms with Crippen molar-refractivity contribution in [3.63, 3.8) is 0 Å². The lowest BCUT2D eigenvalue weighted by Crippen LogP contribution is -2.34. The first kappa shape index (κ1) is 14.9. The molecule has 1 aromatic rings. The van der Waals surface area contributed by atoms with Gasteiger partial charge in [-0.25, -0.2) is 13.1 Å². The number of halogens is 1. The summed E-state index contributed by atoms with van der Waals surface area (Å²) < 4.78 is 26.0. The van der Waals surface area contributed by atoms with Gasteiger partial charge in [-0.3, -0.25) is 4.79 Å². The Bertz CT molecular complexity index is 500. The second-order valence-electron chi connectivity index (χ2n) is 3.56. The third-order valence-corrected chi connectivity index (χ3v) is 3.91. The Hall–Kier alpha value is -1.11. The molecule has 100 valence electrons. The van der Waals surface area contributed by atoms with Crippen molar-refractivity contribution in [2.75, 3.05) is 13.1 Å². The van der Waals surface area contributed by atoms with Crippen molar-refractivity contribution in [1.29, 1.82) is 0 Å². The molecule has 0 bridgehead atoms. The molecule has 0 fully saturated rings. The minimum atomic E-state index is -3.54. The van der Waals surface area contributed by atoms with Crippen molar-refractivity contribution in [2.24, 2.45) is 0 Å². The largest absolute Gasteiger partial charge is 0.355 e. The van der Waals surface area contributed by atoms with E-state index in [2.05, 4.69) is 10.0 Å². The van der Waals surface area contributed by atoms with Gasteiger partial charge in [0.1, 0.15) is 0 Å². The van der Waals surface area contributed by atoms with Crippen LogP contribution in [0.15, 0.2) is 29.2 Å². The van der Waals surface area contributed by atoms with Crippen LogP contribution < -0.4 is 10.0 Å². The zero-order chi connectivity index (χ0) is 13.6. The number of sulfonamides is 1. The summed E-state index contributed by atoms with van der Waals surface area (Å²) in [4.78, 5) is 11.1. The molecule has 0 aliphatic rings. The minimum absolute atomic E-state index is 0.110. The smallest absolute Gasteiger partial charge is 0.240 e. The Morgan fingerprint density at radius 2 is 1.83 bits per heavy atom. The summed E-state index contributed by atoms with van der Waals surface area (Å²) in [6.45, 7) is 2.14. The van der Waals surface area contributed by atoms with Gasteiger partial charge in [0, 0.05) is 24.5 Å². The summed E-state index contributed by atoms with van der Waals surface area (Å²) in [6.07, 6.45) is 0.379. The van der Waals surface area contributed by atoms with Gasteiger partial charge in [0.2, 0.25) is 15.9 Å². The average molecular weight is 291 g/mol. The van der Waals surface area contributed by atoms with Crippen LogP contribution in [0.2, 0.25) is 5.02 Å². The predicted octanol–water partition coefficient (Wildman–Crippen LogP) is 1.14. The van der Waals surface area contributed by atoms with E-state index in [9.17, 15) is 13.2 Å². The fraction of sp³-hybridized carbons (Fsp3) is 0.364. The van der Waals surface area contributed by atoms with Gasteiger partial charge in [0.15, 0.2) is 0 Å². The molecule has 5 nitrogen and oxygen atoms in total. The van der Waals surface area contributed by atoms with Gasteiger partial charge < -0.3 is 5.32 Å². The Morgan fingerprint density at radius 1 is 1.22 bits per heavy atom. The maximum atomic E-state index is 11.8. The van der Waals surface area contributed by atoms with E-state index in [1.165, 1.54) is 24.3 Å². The normalized spacial score (nSPS) is 11.2. The monoisotopic (exact) mass is 290 g/mol. The average Bonchev–Trinajstić information content (AvgIpc) is 2.35. The second-order valence-corrected chi connectivity index (χ2v) is 5.76. The molecule has 0 unspecified atom stereocenters. The zero-order valence-electron chi connectivity index (χ0n) is 9.94. The highest BCUT2D eigenvalue weighted by Gasteiger charge is 2.12. The summed E-state index contributed by atoms with van der Waals surface area (Å²) in [5, 5.41) is 3.05. The Balaban J connectivity index is 2.50. The van der Waals surface area contributed by atoms with E-state index < -0.39 is 10.0 Å². The van der Waals surface area contributed by atoms with Gasteiger partial charge in [-0.05, 0) is 24.3 Å². The number of nitrogens with one attached hydrogen (secondary N) is 2. The van der Waals surface area contributed by atoms with Crippen LogP contribution in [0.1, 0.15) is 13.3 Å². The number of hydrogen-bond donors (Lipinski definition) is 2. The van der Waals surface area contributed by atoms with Crippen LogP contribution in [0.3, 0.4) is 0 Å². The SMILES string of the molecule is CCC(=O)NCCNS(=O)(=O)c1ccc(Cl)cc1. The lowest BCUT2D eigenvalue weighted by Gasteiger charge is -2.07. The Morgan fingerprint density at radius 3 is 2.39 bits per heavy atom. The first-order valence-corrected chi connectivity index (χ1v) is 7.33. The number of hydrogen-bond acceptors (Lipinski definition) is 3. The molecule has 0 spiro atoms. The van der Waals surface area contributed by atoms with E-state index in [-0.39, 0.29) is 23.9 Å². The third-order valence-electron chi connectivity index (χ3n) is 2.18. The number of rotatable bonds is 6. The molecular weight excluding hydrogens is 276 g/mol. The van der Waals surface area contributed by atoms with E-state index >= 15 is 0 Å². The molecule has 0 aromatic heterocycles. The maximum absolute atomic E-state index is 11.8. The fourth-order valence-corrected chi connectivity index (χ4v) is 2.37. The van der Waals surface area contributed by atoms with Crippen LogP contribution in [0.25, 0.3) is 0 Å². The van der Waals surface area contributed by atoms with Crippen molar-refractivity contribution >= 4 is 27.5 Å². The third kappa shape index (κ3) is 4.64. The van der Waals surface area contributed by atoms with Crippen LogP contribution in [0, 0.1) is 0 Å². The van der Waals surface area contributed by atoms with Gasteiger partial charge in [-0.1, -0.05) is 18.5 Å². The molecule has 18 heavy (non-hydrogen) atoms. The van der Waals surface area contributed by atoms with E-state index in [1.807, 2.05) is 0 Å². The van der Waals surface area contributed by atoms with Crippen molar-refractivity contribution in [3.05, 3.63) is 29.3 Å². The first-order chi connectivity index (χ1) is 8.45. The molecule has 0 atom stereocenters. The van der Waals surface area contributed by atoms with E-state index in [1.54, 1.807) is 6.92 Å². The Labute approximate surface area is 112 Å². The van der Waals surface area contributed by atoms with E-state index in [0.29, 0.717) is 11.4 Å².